The highest BCUT2D eigenvalue weighted by atomic mass is 19.1. The number of nitrogens with one attached hydrogen (secondary N) is 1. The molecule has 0 aromatic heterocycles. The summed E-state index contributed by atoms with van der Waals surface area (Å²) in [7, 11) is 0. The van der Waals surface area contributed by atoms with Gasteiger partial charge in [0.1, 0.15) is 11.6 Å². The normalized spacial score (nSPS) is 20.4. The molecule has 0 radical (unpaired) electrons. The highest BCUT2D eigenvalue weighted by Crippen LogP contribution is 2.38. The first-order valence-electron chi connectivity index (χ1n) is 12.6. The lowest BCUT2D eigenvalue weighted by Crippen LogP contribution is -2.43. The molecule has 0 bridgehead atoms. The van der Waals surface area contributed by atoms with E-state index in [1.54, 1.807) is 12.1 Å². The predicted molar refractivity (Wildman–Crippen MR) is 132 cm³/mol. The van der Waals surface area contributed by atoms with E-state index in [9.17, 15) is 14.0 Å². The first-order chi connectivity index (χ1) is 16.9. The average Bonchev–Trinajstić information content (AvgIpc) is 3.39. The van der Waals surface area contributed by atoms with Gasteiger partial charge in [-0.05, 0) is 66.6 Å². The number of rotatable bonds is 8. The van der Waals surface area contributed by atoms with Gasteiger partial charge in [-0.1, -0.05) is 39.0 Å². The van der Waals surface area contributed by atoms with Crippen LogP contribution in [0.25, 0.3) is 0 Å². The van der Waals surface area contributed by atoms with Crippen molar-refractivity contribution in [2.75, 3.05) is 19.7 Å². The molecule has 2 heterocycles. The standard InChI is InChI=1S/C28H35FN2O4/c1-4-25(27(32)30-17-23-6-5-15-34-23)35-22-12-9-19-13-14-31(28(33)18(2)3)26(24(19)16-22)20-7-10-21(29)11-8-20/h7-12,16,18,23,25-26H,4-6,13-15,17H2,1-3H3,(H,30,32)/t23-,25+,26-/m1/s1. The highest BCUT2D eigenvalue weighted by Gasteiger charge is 2.33. The zero-order valence-electron chi connectivity index (χ0n) is 20.8. The molecule has 4 rings (SSSR count). The third kappa shape index (κ3) is 5.84. The van der Waals surface area contributed by atoms with Gasteiger partial charge in [0.05, 0.1) is 12.1 Å². The summed E-state index contributed by atoms with van der Waals surface area (Å²) >= 11 is 0. The second-order valence-corrected chi connectivity index (χ2v) is 9.65. The molecule has 7 heteroatoms. The first kappa shape index (κ1) is 25.2. The summed E-state index contributed by atoms with van der Waals surface area (Å²) in [5, 5.41) is 2.96. The van der Waals surface area contributed by atoms with E-state index >= 15 is 0 Å². The Morgan fingerprint density at radius 3 is 2.63 bits per heavy atom. The minimum absolute atomic E-state index is 0.0521. The Morgan fingerprint density at radius 2 is 1.97 bits per heavy atom. The van der Waals surface area contributed by atoms with E-state index < -0.39 is 6.10 Å². The molecule has 6 nitrogen and oxygen atoms in total. The molecule has 2 amide bonds. The molecule has 2 aromatic carbocycles. The van der Waals surface area contributed by atoms with Gasteiger partial charge in [-0.3, -0.25) is 9.59 Å². The fourth-order valence-corrected chi connectivity index (χ4v) is 4.86. The van der Waals surface area contributed by atoms with Crippen molar-refractivity contribution in [3.63, 3.8) is 0 Å². The van der Waals surface area contributed by atoms with Crippen molar-refractivity contribution in [2.45, 2.75) is 64.7 Å². The summed E-state index contributed by atoms with van der Waals surface area (Å²) < 4.78 is 25.4. The fraction of sp³-hybridized carbons (Fsp3) is 0.500. The molecule has 188 valence electrons. The molecule has 1 saturated heterocycles. The van der Waals surface area contributed by atoms with Crippen molar-refractivity contribution in [1.29, 1.82) is 0 Å². The van der Waals surface area contributed by atoms with E-state index in [-0.39, 0.29) is 35.7 Å². The van der Waals surface area contributed by atoms with Crippen molar-refractivity contribution < 1.29 is 23.5 Å². The van der Waals surface area contributed by atoms with E-state index in [4.69, 9.17) is 9.47 Å². The Bertz CT molecular complexity index is 1030. The Morgan fingerprint density at radius 1 is 1.20 bits per heavy atom. The van der Waals surface area contributed by atoms with E-state index in [2.05, 4.69) is 5.32 Å². The van der Waals surface area contributed by atoms with Crippen molar-refractivity contribution in [3.8, 4) is 5.75 Å². The Balaban J connectivity index is 1.58. The summed E-state index contributed by atoms with van der Waals surface area (Å²) in [6.07, 6.45) is 2.67. The van der Waals surface area contributed by atoms with Gasteiger partial charge in [-0.25, -0.2) is 4.39 Å². The summed E-state index contributed by atoms with van der Waals surface area (Å²) in [6, 6.07) is 11.8. The molecular weight excluding hydrogens is 447 g/mol. The molecule has 0 unspecified atom stereocenters. The third-order valence-corrected chi connectivity index (χ3v) is 6.78. The average molecular weight is 483 g/mol. The first-order valence-corrected chi connectivity index (χ1v) is 12.6. The minimum atomic E-state index is -0.629. The number of hydrogen-bond donors (Lipinski definition) is 1. The molecular formula is C28H35FN2O4. The number of ether oxygens (including phenoxy) is 2. The zero-order valence-corrected chi connectivity index (χ0v) is 20.8. The van der Waals surface area contributed by atoms with E-state index in [1.165, 1.54) is 12.1 Å². The van der Waals surface area contributed by atoms with Crippen LogP contribution in [0, 0.1) is 11.7 Å². The number of nitrogens with zero attached hydrogens (tertiary/aromatic N) is 1. The van der Waals surface area contributed by atoms with Gasteiger partial charge in [-0.2, -0.15) is 0 Å². The van der Waals surface area contributed by atoms with Crippen LogP contribution in [0.2, 0.25) is 0 Å². The molecule has 2 aliphatic rings. The maximum atomic E-state index is 13.7. The van der Waals surface area contributed by atoms with Crippen LogP contribution in [0.3, 0.4) is 0 Å². The third-order valence-electron chi connectivity index (χ3n) is 6.78. The van der Waals surface area contributed by atoms with E-state index in [1.807, 2.05) is 43.9 Å². The van der Waals surface area contributed by atoms with Crippen molar-refractivity contribution in [1.82, 2.24) is 10.2 Å². The molecule has 0 spiro atoms. The maximum absolute atomic E-state index is 13.7. The van der Waals surface area contributed by atoms with Gasteiger partial charge in [0.15, 0.2) is 6.10 Å². The van der Waals surface area contributed by atoms with Gasteiger partial charge in [0.2, 0.25) is 5.91 Å². The summed E-state index contributed by atoms with van der Waals surface area (Å²) in [5.74, 6) is -0.00293. The van der Waals surface area contributed by atoms with Crippen LogP contribution in [0.4, 0.5) is 4.39 Å². The van der Waals surface area contributed by atoms with Gasteiger partial charge < -0.3 is 19.7 Å². The molecule has 0 aliphatic carbocycles. The van der Waals surface area contributed by atoms with E-state index in [0.717, 1.165) is 42.6 Å². The summed E-state index contributed by atoms with van der Waals surface area (Å²) in [6.45, 7) is 7.52. The molecule has 1 fully saturated rings. The topological polar surface area (TPSA) is 67.9 Å². The monoisotopic (exact) mass is 482 g/mol. The van der Waals surface area contributed by atoms with Crippen LogP contribution in [-0.2, 0) is 20.7 Å². The van der Waals surface area contributed by atoms with Crippen LogP contribution in [-0.4, -0.2) is 48.6 Å². The fourth-order valence-electron chi connectivity index (χ4n) is 4.86. The molecule has 2 aliphatic heterocycles. The lowest BCUT2D eigenvalue weighted by molar-refractivity contribution is -0.136. The second kappa shape index (κ2) is 11.2. The molecule has 35 heavy (non-hydrogen) atoms. The van der Waals surface area contributed by atoms with Crippen LogP contribution >= 0.6 is 0 Å². The lowest BCUT2D eigenvalue weighted by Gasteiger charge is -2.39. The number of benzene rings is 2. The SMILES string of the molecule is CC[C@H](Oc1ccc2c(c1)[C@@H](c1ccc(F)cc1)N(C(=O)C(C)C)CC2)C(=O)NC[C@H]1CCCO1. The van der Waals surface area contributed by atoms with Crippen molar-refractivity contribution >= 4 is 11.8 Å². The van der Waals surface area contributed by atoms with Crippen molar-refractivity contribution in [2.24, 2.45) is 5.92 Å². The van der Waals surface area contributed by atoms with Crippen LogP contribution in [0.1, 0.15) is 62.8 Å². The molecule has 2 aromatic rings. The Labute approximate surface area is 206 Å². The lowest BCUT2D eigenvalue weighted by atomic mass is 9.87. The van der Waals surface area contributed by atoms with Crippen LogP contribution in [0.15, 0.2) is 42.5 Å². The molecule has 0 saturated carbocycles. The summed E-state index contributed by atoms with van der Waals surface area (Å²) in [5.41, 5.74) is 2.92. The quantitative estimate of drug-likeness (QED) is 0.605. The summed E-state index contributed by atoms with van der Waals surface area (Å²) in [4.78, 5) is 27.7. The number of carbonyl (C=O) groups excluding carboxylic acids is 2. The van der Waals surface area contributed by atoms with Gasteiger partial charge in [-0.15, -0.1) is 0 Å². The Hall–Kier alpha value is -2.93. The van der Waals surface area contributed by atoms with Gasteiger partial charge >= 0.3 is 0 Å². The number of fused-ring (bicyclic) bond motifs is 1. The second-order valence-electron chi connectivity index (χ2n) is 9.65. The number of amides is 2. The Kier molecular flexibility index (Phi) is 8.06. The van der Waals surface area contributed by atoms with Crippen LogP contribution < -0.4 is 10.1 Å². The van der Waals surface area contributed by atoms with E-state index in [0.29, 0.717) is 25.3 Å². The van der Waals surface area contributed by atoms with Gasteiger partial charge in [0.25, 0.3) is 5.91 Å². The largest absolute Gasteiger partial charge is 0.481 e. The zero-order chi connectivity index (χ0) is 24.9. The predicted octanol–water partition coefficient (Wildman–Crippen LogP) is 4.41. The molecule has 3 atom stereocenters. The number of hydrogen-bond acceptors (Lipinski definition) is 4. The highest BCUT2D eigenvalue weighted by molar-refractivity contribution is 5.81. The maximum Gasteiger partial charge on any atom is 0.261 e. The van der Waals surface area contributed by atoms with Crippen molar-refractivity contribution in [3.05, 3.63) is 65.0 Å². The smallest absolute Gasteiger partial charge is 0.261 e. The number of carbonyl (C=O) groups is 2. The van der Waals surface area contributed by atoms with Crippen LogP contribution in [0.5, 0.6) is 5.75 Å². The molecule has 1 N–H and O–H groups in total. The van der Waals surface area contributed by atoms with Gasteiger partial charge in [0, 0.05) is 25.6 Å². The minimum Gasteiger partial charge on any atom is -0.481 e. The number of halogens is 1.